The molecule has 0 N–H and O–H groups in total. The highest BCUT2D eigenvalue weighted by molar-refractivity contribution is 5.75. The van der Waals surface area contributed by atoms with Crippen molar-refractivity contribution in [3.63, 3.8) is 0 Å². The van der Waals surface area contributed by atoms with E-state index < -0.39 is 0 Å². The summed E-state index contributed by atoms with van der Waals surface area (Å²) in [6, 6.07) is 16.6. The quantitative estimate of drug-likeness (QED) is 0.662. The highest BCUT2D eigenvalue weighted by Crippen LogP contribution is 2.29. The smallest absolute Gasteiger partial charge is 0.122 e. The van der Waals surface area contributed by atoms with Gasteiger partial charge in [0.1, 0.15) is 18.5 Å². The van der Waals surface area contributed by atoms with Crippen molar-refractivity contribution in [1.82, 2.24) is 0 Å². The molecule has 2 nitrogen and oxygen atoms in total. The van der Waals surface area contributed by atoms with Crippen LogP contribution >= 0.6 is 0 Å². The third kappa shape index (κ3) is 2.96. The molecule has 0 saturated carbocycles. The predicted octanol–water partition coefficient (Wildman–Crippen LogP) is 3.69. The average Bonchev–Trinajstić information content (AvgIpc) is 3.25. The fourth-order valence-corrected chi connectivity index (χ4v) is 1.95. The Morgan fingerprint density at radius 3 is 2.16 bits per heavy atom. The van der Waals surface area contributed by atoms with Crippen LogP contribution in [0, 0.1) is 0 Å². The van der Waals surface area contributed by atoms with E-state index in [1.54, 1.807) is 0 Å². The van der Waals surface area contributed by atoms with E-state index in [1.165, 1.54) is 16.7 Å². The van der Waals surface area contributed by atoms with Crippen LogP contribution in [0.1, 0.15) is 12.5 Å². The van der Waals surface area contributed by atoms with Crippen molar-refractivity contribution in [3.8, 4) is 16.9 Å². The molecule has 1 fully saturated rings. The summed E-state index contributed by atoms with van der Waals surface area (Å²) in [6.45, 7) is 3.68. The molecule has 2 aliphatic carbocycles. The third-order valence-electron chi connectivity index (χ3n) is 3.40. The summed E-state index contributed by atoms with van der Waals surface area (Å²) in [6.07, 6.45) is 1.35. The molecule has 0 radical (unpaired) electrons. The lowest BCUT2D eigenvalue weighted by Gasteiger charge is -2.10. The van der Waals surface area contributed by atoms with Crippen LogP contribution < -0.4 is 4.74 Å². The summed E-state index contributed by atoms with van der Waals surface area (Å²) in [5, 5.41) is 0. The molecular formula is C17H18O2. The molecule has 1 aromatic carbocycles. The van der Waals surface area contributed by atoms with Gasteiger partial charge in [0.05, 0.1) is 6.61 Å². The average molecular weight is 254 g/mol. The largest absolute Gasteiger partial charge is 0.491 e. The van der Waals surface area contributed by atoms with Gasteiger partial charge in [-0.2, -0.15) is 0 Å². The zero-order chi connectivity index (χ0) is 13.1. The fraction of sp³-hybridized carbons (Fsp3) is 0.294. The molecule has 19 heavy (non-hydrogen) atoms. The van der Waals surface area contributed by atoms with Crippen LogP contribution in [0.15, 0.2) is 48.5 Å². The van der Waals surface area contributed by atoms with Gasteiger partial charge in [-0.25, -0.2) is 0 Å². The molecule has 1 saturated heterocycles. The van der Waals surface area contributed by atoms with E-state index in [-0.39, 0.29) is 0 Å². The van der Waals surface area contributed by atoms with Crippen molar-refractivity contribution < 1.29 is 9.47 Å². The zero-order valence-electron chi connectivity index (χ0n) is 11.1. The molecular weight excluding hydrogens is 236 g/mol. The molecule has 1 aromatic rings. The molecule has 0 bridgehead atoms. The maximum atomic E-state index is 5.63. The van der Waals surface area contributed by atoms with Crippen molar-refractivity contribution in [2.45, 2.75) is 19.4 Å². The Morgan fingerprint density at radius 2 is 1.68 bits per heavy atom. The normalized spacial score (nSPS) is 17.2. The van der Waals surface area contributed by atoms with E-state index >= 15 is 0 Å². The monoisotopic (exact) mass is 254 g/mol. The van der Waals surface area contributed by atoms with Crippen molar-refractivity contribution in [3.05, 3.63) is 54.1 Å². The number of hydrogen-bond acceptors (Lipinski definition) is 2. The molecule has 4 rings (SSSR count). The third-order valence-corrected chi connectivity index (χ3v) is 3.40. The number of aryl methyl sites for hydroxylation is 1. The first kappa shape index (κ1) is 12.2. The molecule has 1 atom stereocenters. The lowest BCUT2D eigenvalue weighted by molar-refractivity contribution is 0.261. The van der Waals surface area contributed by atoms with Gasteiger partial charge in [0.25, 0.3) is 0 Å². The van der Waals surface area contributed by atoms with E-state index in [1.807, 2.05) is 18.2 Å². The minimum atomic E-state index is 0.338. The minimum absolute atomic E-state index is 0.338. The lowest BCUT2D eigenvalue weighted by atomic mass is 9.95. The van der Waals surface area contributed by atoms with Crippen LogP contribution in [0.2, 0.25) is 0 Å². The van der Waals surface area contributed by atoms with E-state index in [4.69, 9.17) is 9.47 Å². The number of ether oxygens (including phenoxy) is 2. The predicted molar refractivity (Wildman–Crippen MR) is 76.5 cm³/mol. The Morgan fingerprint density at radius 1 is 1.05 bits per heavy atom. The first-order valence-corrected chi connectivity index (χ1v) is 6.79. The van der Waals surface area contributed by atoms with Crippen LogP contribution in [0.5, 0.6) is 5.75 Å². The molecule has 0 aromatic heterocycles. The second-order valence-corrected chi connectivity index (χ2v) is 4.80. The summed E-state index contributed by atoms with van der Waals surface area (Å²) in [4.78, 5) is 0. The molecule has 0 spiro atoms. The maximum absolute atomic E-state index is 5.63. The number of fused-ring (bicyclic) bond motifs is 1. The topological polar surface area (TPSA) is 21.8 Å². The lowest BCUT2D eigenvalue weighted by Crippen LogP contribution is -2.05. The van der Waals surface area contributed by atoms with Crippen LogP contribution in [-0.2, 0) is 11.2 Å². The molecule has 1 aliphatic heterocycles. The minimum Gasteiger partial charge on any atom is -0.491 e. The summed E-state index contributed by atoms with van der Waals surface area (Å²) in [7, 11) is 0. The Bertz CT molecular complexity index is 520. The van der Waals surface area contributed by atoms with Gasteiger partial charge in [0, 0.05) is 0 Å². The standard InChI is InChI=1S/C11H14O2.C6H4/c1-2-9-5-3-4-6-11(9)13-8-10-7-12-10;1-2-6-4-3-5(1)6/h3-6,10H,2,7-8H2,1H3;1-4H. The van der Waals surface area contributed by atoms with Gasteiger partial charge in [-0.3, -0.25) is 0 Å². The zero-order valence-corrected chi connectivity index (χ0v) is 11.1. The van der Waals surface area contributed by atoms with Gasteiger partial charge in [0.15, 0.2) is 0 Å². The Kier molecular flexibility index (Phi) is 3.51. The highest BCUT2D eigenvalue weighted by Gasteiger charge is 2.23. The second kappa shape index (κ2) is 5.45. The van der Waals surface area contributed by atoms with E-state index in [0.29, 0.717) is 12.7 Å². The van der Waals surface area contributed by atoms with Gasteiger partial charge in [0.2, 0.25) is 0 Å². The summed E-state index contributed by atoms with van der Waals surface area (Å²) in [5.41, 5.74) is 4.12. The van der Waals surface area contributed by atoms with Crippen molar-refractivity contribution in [2.75, 3.05) is 13.2 Å². The van der Waals surface area contributed by atoms with E-state index in [0.717, 1.165) is 18.8 Å². The number of rotatable bonds is 4. The SMILES string of the molecule is CCc1ccccc1OCC1CO1.c1cc2ccc1-2. The van der Waals surface area contributed by atoms with E-state index in [9.17, 15) is 0 Å². The second-order valence-electron chi connectivity index (χ2n) is 4.80. The molecule has 0 amide bonds. The van der Waals surface area contributed by atoms with Crippen LogP contribution in [0.3, 0.4) is 0 Å². The first-order valence-electron chi connectivity index (χ1n) is 6.79. The Labute approximate surface area is 114 Å². The van der Waals surface area contributed by atoms with Crippen LogP contribution in [0.25, 0.3) is 11.1 Å². The first-order chi connectivity index (χ1) is 9.36. The summed E-state index contributed by atoms with van der Waals surface area (Å²) in [5.74, 6) is 1.00. The van der Waals surface area contributed by atoms with Crippen molar-refractivity contribution in [2.24, 2.45) is 0 Å². The van der Waals surface area contributed by atoms with Gasteiger partial charge in [-0.15, -0.1) is 0 Å². The van der Waals surface area contributed by atoms with Crippen LogP contribution in [-0.4, -0.2) is 19.3 Å². The number of benzene rings is 2. The number of para-hydroxylation sites is 1. The molecule has 3 aliphatic rings. The van der Waals surface area contributed by atoms with Gasteiger partial charge in [-0.1, -0.05) is 49.4 Å². The summed E-state index contributed by atoms with van der Waals surface area (Å²) < 4.78 is 10.7. The summed E-state index contributed by atoms with van der Waals surface area (Å²) >= 11 is 0. The fourth-order valence-electron chi connectivity index (χ4n) is 1.95. The van der Waals surface area contributed by atoms with Gasteiger partial charge < -0.3 is 9.47 Å². The molecule has 1 unspecified atom stereocenters. The van der Waals surface area contributed by atoms with E-state index in [2.05, 4.69) is 37.3 Å². The Hall–Kier alpha value is -1.80. The van der Waals surface area contributed by atoms with Crippen molar-refractivity contribution in [1.29, 1.82) is 0 Å². The molecule has 98 valence electrons. The van der Waals surface area contributed by atoms with Gasteiger partial charge >= 0.3 is 0 Å². The molecule has 2 heteroatoms. The maximum Gasteiger partial charge on any atom is 0.122 e. The van der Waals surface area contributed by atoms with Crippen LogP contribution in [0.4, 0.5) is 0 Å². The molecule has 1 heterocycles. The Balaban J connectivity index is 0.000000151. The number of hydrogen-bond donors (Lipinski definition) is 0. The number of epoxide rings is 1. The van der Waals surface area contributed by atoms with Crippen molar-refractivity contribution >= 4 is 0 Å². The van der Waals surface area contributed by atoms with Gasteiger partial charge in [-0.05, 0) is 29.2 Å². The highest BCUT2D eigenvalue weighted by atomic mass is 16.6.